The largest absolute Gasteiger partial charge is 0.417 e. The van der Waals surface area contributed by atoms with Gasteiger partial charge in [0.15, 0.2) is 0 Å². The Morgan fingerprint density at radius 3 is 2.75 bits per heavy atom. The number of alkyl halides is 3. The predicted octanol–water partition coefficient (Wildman–Crippen LogP) is 3.22. The van der Waals surface area contributed by atoms with Crippen molar-refractivity contribution in [2.24, 2.45) is 5.92 Å². The minimum Gasteiger partial charge on any atom is -0.377 e. The highest BCUT2D eigenvalue weighted by molar-refractivity contribution is 5.90. The van der Waals surface area contributed by atoms with Gasteiger partial charge in [0.2, 0.25) is 0 Å². The molecule has 0 bridgehead atoms. The topological polar surface area (TPSA) is 65.4 Å². The maximum Gasteiger partial charge on any atom is 0.417 e. The van der Waals surface area contributed by atoms with Crippen LogP contribution in [0.1, 0.15) is 24.0 Å². The second kappa shape index (κ2) is 6.32. The number of ether oxygens (including phenoxy) is 1. The number of carbonyl (C=O) groups is 1. The number of halogens is 3. The van der Waals surface area contributed by atoms with E-state index in [1.54, 1.807) is 4.90 Å². The van der Waals surface area contributed by atoms with Crippen molar-refractivity contribution in [2.75, 3.05) is 25.1 Å². The molecule has 1 aromatic carbocycles. The number of carbonyl (C=O) groups excluding carboxylic acids is 1. The highest BCUT2D eigenvalue weighted by atomic mass is 19.4. The number of hydrogen-bond donors (Lipinski definition) is 1. The van der Waals surface area contributed by atoms with Crippen LogP contribution in [0, 0.1) is 17.2 Å². The van der Waals surface area contributed by atoms with Gasteiger partial charge in [-0.15, -0.1) is 0 Å². The molecule has 3 rings (SSSR count). The molecule has 1 heterocycles. The molecule has 0 unspecified atom stereocenters. The van der Waals surface area contributed by atoms with Crippen LogP contribution in [0.25, 0.3) is 0 Å². The van der Waals surface area contributed by atoms with Crippen molar-refractivity contribution < 1.29 is 22.7 Å². The van der Waals surface area contributed by atoms with Crippen LogP contribution < -0.4 is 5.32 Å². The number of urea groups is 1. The summed E-state index contributed by atoms with van der Waals surface area (Å²) in [6.45, 7) is 1.28. The summed E-state index contributed by atoms with van der Waals surface area (Å²) in [5.41, 5.74) is -1.50. The fourth-order valence-electron chi connectivity index (χ4n) is 2.90. The van der Waals surface area contributed by atoms with E-state index in [-0.39, 0.29) is 11.7 Å². The zero-order valence-corrected chi connectivity index (χ0v) is 12.8. The molecular weight excluding hydrogens is 323 g/mol. The average Bonchev–Trinajstić information content (AvgIpc) is 3.39. The normalized spacial score (nSPS) is 21.2. The maximum atomic E-state index is 13.0. The summed E-state index contributed by atoms with van der Waals surface area (Å²) < 4.78 is 44.4. The average molecular weight is 339 g/mol. The molecule has 1 saturated carbocycles. The molecule has 2 aliphatic rings. The van der Waals surface area contributed by atoms with Gasteiger partial charge in [0.25, 0.3) is 0 Å². The van der Waals surface area contributed by atoms with Crippen molar-refractivity contribution in [3.8, 4) is 6.07 Å². The van der Waals surface area contributed by atoms with Crippen molar-refractivity contribution in [3.63, 3.8) is 0 Å². The second-order valence-electron chi connectivity index (χ2n) is 5.97. The molecular formula is C16H16F3N3O2. The zero-order valence-electron chi connectivity index (χ0n) is 12.8. The summed E-state index contributed by atoms with van der Waals surface area (Å²) in [5, 5.41) is 11.3. The van der Waals surface area contributed by atoms with E-state index < -0.39 is 23.3 Å². The predicted molar refractivity (Wildman–Crippen MR) is 79.2 cm³/mol. The highest BCUT2D eigenvalue weighted by Crippen LogP contribution is 2.37. The van der Waals surface area contributed by atoms with Crippen LogP contribution in [0.15, 0.2) is 18.2 Å². The number of hydrogen-bond acceptors (Lipinski definition) is 3. The molecule has 2 amide bonds. The molecule has 1 aliphatic carbocycles. The van der Waals surface area contributed by atoms with Crippen molar-refractivity contribution in [1.82, 2.24) is 4.90 Å². The molecule has 0 aromatic heterocycles. The van der Waals surface area contributed by atoms with Gasteiger partial charge >= 0.3 is 12.2 Å². The molecule has 1 aliphatic heterocycles. The van der Waals surface area contributed by atoms with E-state index in [4.69, 9.17) is 10.00 Å². The minimum atomic E-state index is -4.65. The number of nitriles is 1. The lowest BCUT2D eigenvalue weighted by Crippen LogP contribution is -2.51. The lowest BCUT2D eigenvalue weighted by atomic mass is 10.1. The molecule has 1 saturated heterocycles. The second-order valence-corrected chi connectivity index (χ2v) is 5.97. The van der Waals surface area contributed by atoms with Gasteiger partial charge < -0.3 is 15.0 Å². The summed E-state index contributed by atoms with van der Waals surface area (Å²) in [4.78, 5) is 14.1. The van der Waals surface area contributed by atoms with Crippen LogP contribution in [0.5, 0.6) is 0 Å². The molecule has 128 valence electrons. The first kappa shape index (κ1) is 16.6. The van der Waals surface area contributed by atoms with Crippen molar-refractivity contribution in [2.45, 2.75) is 25.1 Å². The van der Waals surface area contributed by atoms with Gasteiger partial charge in [0.1, 0.15) is 0 Å². The van der Waals surface area contributed by atoms with Crippen LogP contribution in [0.3, 0.4) is 0 Å². The molecule has 2 fully saturated rings. The van der Waals surface area contributed by atoms with Crippen LogP contribution in [-0.4, -0.2) is 36.7 Å². The van der Waals surface area contributed by atoms with E-state index in [0.29, 0.717) is 25.7 Å². The van der Waals surface area contributed by atoms with E-state index in [1.807, 2.05) is 0 Å². The first-order chi connectivity index (χ1) is 11.4. The summed E-state index contributed by atoms with van der Waals surface area (Å²) in [7, 11) is 0. The smallest absolute Gasteiger partial charge is 0.377 e. The maximum absolute atomic E-state index is 13.0. The molecule has 0 spiro atoms. The lowest BCUT2D eigenvalue weighted by Gasteiger charge is -2.35. The number of rotatable bonds is 2. The van der Waals surface area contributed by atoms with E-state index in [1.165, 1.54) is 12.1 Å². The molecule has 0 radical (unpaired) electrons. The van der Waals surface area contributed by atoms with E-state index >= 15 is 0 Å². The van der Waals surface area contributed by atoms with Gasteiger partial charge in [-0.05, 0) is 37.0 Å². The Bertz CT molecular complexity index is 680. The molecule has 24 heavy (non-hydrogen) atoms. The third-order valence-electron chi connectivity index (χ3n) is 4.29. The highest BCUT2D eigenvalue weighted by Gasteiger charge is 2.39. The quantitative estimate of drug-likeness (QED) is 0.900. The fraction of sp³-hybridized carbons (Fsp3) is 0.500. The summed E-state index contributed by atoms with van der Waals surface area (Å²) in [6.07, 6.45) is -2.58. The number of amides is 2. The van der Waals surface area contributed by atoms with Crippen LogP contribution in [-0.2, 0) is 10.9 Å². The standard InChI is InChI=1S/C16H16F3N3O2/c17-16(18,19)13-7-12(4-3-11(13)8-20)21-15(23)22-5-6-24-9-14(22)10-1-2-10/h3-4,7,10,14H,1-2,5-6,9H2,(H,21,23)/t14-/m0/s1. The SMILES string of the molecule is N#Cc1ccc(NC(=O)N2CCOC[C@H]2C2CC2)cc1C(F)(F)F. The first-order valence-corrected chi connectivity index (χ1v) is 7.67. The van der Waals surface area contributed by atoms with Gasteiger partial charge in [-0.25, -0.2) is 4.79 Å². The van der Waals surface area contributed by atoms with Gasteiger partial charge in [-0.1, -0.05) is 0 Å². The Kier molecular flexibility index (Phi) is 4.37. The number of morpholine rings is 1. The Morgan fingerprint density at radius 1 is 1.38 bits per heavy atom. The molecule has 1 atom stereocenters. The Labute approximate surface area is 137 Å². The summed E-state index contributed by atoms with van der Waals surface area (Å²) in [6, 6.07) is 4.22. The van der Waals surface area contributed by atoms with Crippen molar-refractivity contribution >= 4 is 11.7 Å². The third-order valence-corrected chi connectivity index (χ3v) is 4.29. The number of anilines is 1. The minimum absolute atomic E-state index is 0.0207. The van der Waals surface area contributed by atoms with Gasteiger partial charge in [-0.3, -0.25) is 0 Å². The summed E-state index contributed by atoms with van der Waals surface area (Å²) in [5.74, 6) is 0.405. The Hall–Kier alpha value is -2.27. The van der Waals surface area contributed by atoms with E-state index in [0.717, 1.165) is 25.0 Å². The molecule has 1 aromatic rings. The third kappa shape index (κ3) is 3.46. The van der Waals surface area contributed by atoms with Gasteiger partial charge in [0, 0.05) is 12.2 Å². The summed E-state index contributed by atoms with van der Waals surface area (Å²) >= 11 is 0. The monoisotopic (exact) mass is 339 g/mol. The van der Waals surface area contributed by atoms with Gasteiger partial charge in [-0.2, -0.15) is 18.4 Å². The molecule has 8 heteroatoms. The van der Waals surface area contributed by atoms with Gasteiger partial charge in [0.05, 0.1) is 36.5 Å². The van der Waals surface area contributed by atoms with Crippen molar-refractivity contribution in [1.29, 1.82) is 5.26 Å². The van der Waals surface area contributed by atoms with Crippen molar-refractivity contribution in [3.05, 3.63) is 29.3 Å². The number of benzene rings is 1. The lowest BCUT2D eigenvalue weighted by molar-refractivity contribution is -0.137. The number of nitrogens with one attached hydrogen (secondary N) is 1. The molecule has 1 N–H and O–H groups in total. The van der Waals surface area contributed by atoms with Crippen LogP contribution in [0.4, 0.5) is 23.7 Å². The van der Waals surface area contributed by atoms with E-state index in [9.17, 15) is 18.0 Å². The molecule has 5 nitrogen and oxygen atoms in total. The van der Waals surface area contributed by atoms with Crippen LogP contribution in [0.2, 0.25) is 0 Å². The Morgan fingerprint density at radius 2 is 2.12 bits per heavy atom. The first-order valence-electron chi connectivity index (χ1n) is 7.67. The number of nitrogens with zero attached hydrogens (tertiary/aromatic N) is 2. The fourth-order valence-corrected chi connectivity index (χ4v) is 2.90. The Balaban J connectivity index is 1.77. The van der Waals surface area contributed by atoms with E-state index in [2.05, 4.69) is 5.32 Å². The zero-order chi connectivity index (χ0) is 17.3. The van der Waals surface area contributed by atoms with Crippen LogP contribution >= 0.6 is 0 Å².